The van der Waals surface area contributed by atoms with Crippen LogP contribution in [0.5, 0.6) is 23.0 Å². The number of allylic oxidation sites excluding steroid dienone is 1. The van der Waals surface area contributed by atoms with E-state index in [1.165, 1.54) is 0 Å². The van der Waals surface area contributed by atoms with Gasteiger partial charge in [0.15, 0.2) is 23.0 Å². The lowest BCUT2D eigenvalue weighted by molar-refractivity contribution is 0.207. The van der Waals surface area contributed by atoms with E-state index >= 15 is 0 Å². The van der Waals surface area contributed by atoms with Crippen LogP contribution in [0.1, 0.15) is 42.6 Å². The number of ether oxygens (including phenoxy) is 3. The van der Waals surface area contributed by atoms with E-state index in [9.17, 15) is 5.11 Å². The van der Waals surface area contributed by atoms with Gasteiger partial charge in [-0.05, 0) is 42.3 Å². The minimum Gasteiger partial charge on any atom is -0.504 e. The molecule has 2 atom stereocenters. The third-order valence-electron chi connectivity index (χ3n) is 4.41. The first-order chi connectivity index (χ1) is 11.6. The van der Waals surface area contributed by atoms with Crippen molar-refractivity contribution in [3.63, 3.8) is 0 Å². The maximum absolute atomic E-state index is 9.80. The van der Waals surface area contributed by atoms with Gasteiger partial charge in [0.2, 0.25) is 0 Å². The second kappa shape index (κ2) is 6.48. The van der Waals surface area contributed by atoms with E-state index in [1.807, 2.05) is 37.3 Å². The highest BCUT2D eigenvalue weighted by Gasteiger charge is 2.35. The number of fused-ring (bicyclic) bond motifs is 1. The molecule has 1 N–H and O–H groups in total. The third-order valence-corrected chi connectivity index (χ3v) is 4.41. The highest BCUT2D eigenvalue weighted by Crippen LogP contribution is 2.51. The number of benzene rings is 2. The Morgan fingerprint density at radius 1 is 1.08 bits per heavy atom. The molecule has 0 bridgehead atoms. The quantitative estimate of drug-likeness (QED) is 0.886. The van der Waals surface area contributed by atoms with Gasteiger partial charge in [0.25, 0.3) is 0 Å². The van der Waals surface area contributed by atoms with Crippen LogP contribution >= 0.6 is 0 Å². The molecule has 0 amide bonds. The van der Waals surface area contributed by atoms with Crippen LogP contribution in [0.3, 0.4) is 0 Å². The van der Waals surface area contributed by atoms with Gasteiger partial charge in [0.1, 0.15) is 6.10 Å². The summed E-state index contributed by atoms with van der Waals surface area (Å²) >= 11 is 0. The number of hydrogen-bond donors (Lipinski definition) is 1. The molecule has 1 aliphatic rings. The first-order valence-electron chi connectivity index (χ1n) is 7.97. The van der Waals surface area contributed by atoms with Crippen LogP contribution in [-0.2, 0) is 0 Å². The highest BCUT2D eigenvalue weighted by molar-refractivity contribution is 5.62. The molecule has 0 radical (unpaired) electrons. The molecule has 0 saturated heterocycles. The van der Waals surface area contributed by atoms with Gasteiger partial charge >= 0.3 is 0 Å². The molecule has 0 unspecified atom stereocenters. The Hall–Kier alpha value is -2.62. The van der Waals surface area contributed by atoms with Crippen LogP contribution in [-0.4, -0.2) is 19.3 Å². The van der Waals surface area contributed by atoms with Gasteiger partial charge in [-0.25, -0.2) is 0 Å². The summed E-state index contributed by atoms with van der Waals surface area (Å²) in [5.74, 6) is 2.25. The van der Waals surface area contributed by atoms with Crippen LogP contribution in [0.4, 0.5) is 0 Å². The minimum absolute atomic E-state index is 0.123. The number of rotatable bonds is 4. The lowest BCUT2D eigenvalue weighted by atomic mass is 9.91. The highest BCUT2D eigenvalue weighted by atomic mass is 16.5. The number of aromatic hydroxyl groups is 1. The van der Waals surface area contributed by atoms with Gasteiger partial charge < -0.3 is 19.3 Å². The zero-order valence-electron chi connectivity index (χ0n) is 14.4. The average molecular weight is 326 g/mol. The summed E-state index contributed by atoms with van der Waals surface area (Å²) in [5, 5.41) is 9.80. The molecule has 1 heterocycles. The molecule has 0 aliphatic carbocycles. The number of phenols is 1. The Kier molecular flexibility index (Phi) is 4.38. The van der Waals surface area contributed by atoms with Gasteiger partial charge in [-0.1, -0.05) is 25.1 Å². The monoisotopic (exact) mass is 326 g/mol. The van der Waals surface area contributed by atoms with Crippen molar-refractivity contribution >= 4 is 6.08 Å². The van der Waals surface area contributed by atoms with Crippen molar-refractivity contribution < 1.29 is 19.3 Å². The Bertz CT molecular complexity index is 779. The van der Waals surface area contributed by atoms with Gasteiger partial charge in [-0.3, -0.25) is 0 Å². The molecule has 0 fully saturated rings. The van der Waals surface area contributed by atoms with Crippen molar-refractivity contribution in [3.8, 4) is 23.0 Å². The van der Waals surface area contributed by atoms with Crippen LogP contribution in [0.15, 0.2) is 36.4 Å². The zero-order chi connectivity index (χ0) is 17.3. The molecule has 4 nitrogen and oxygen atoms in total. The summed E-state index contributed by atoms with van der Waals surface area (Å²) in [4.78, 5) is 0. The van der Waals surface area contributed by atoms with Crippen LogP contribution < -0.4 is 14.2 Å². The van der Waals surface area contributed by atoms with Gasteiger partial charge in [0.05, 0.1) is 14.2 Å². The largest absolute Gasteiger partial charge is 0.504 e. The first-order valence-corrected chi connectivity index (χ1v) is 7.97. The molecule has 3 rings (SSSR count). The fourth-order valence-electron chi connectivity index (χ4n) is 3.17. The van der Waals surface area contributed by atoms with E-state index in [-0.39, 0.29) is 17.8 Å². The number of methoxy groups -OCH3 is 2. The molecular weight excluding hydrogens is 304 g/mol. The van der Waals surface area contributed by atoms with Crippen molar-refractivity contribution in [2.75, 3.05) is 14.2 Å². The molecule has 24 heavy (non-hydrogen) atoms. The van der Waals surface area contributed by atoms with Crippen LogP contribution in [0.25, 0.3) is 6.08 Å². The topological polar surface area (TPSA) is 47.9 Å². The Balaban J connectivity index is 2.03. The van der Waals surface area contributed by atoms with Crippen molar-refractivity contribution in [1.82, 2.24) is 0 Å². The maximum Gasteiger partial charge on any atom is 0.165 e. The standard InChI is InChI=1S/C20H22O4/c1-5-6-13-9-15-12(2)19(24-20(15)18(10-13)23-4)14-7-8-16(21)17(11-14)22-3/h5-12,19,21H,1-4H3/b6-5+/t12-,19-/m0/s1. The lowest BCUT2D eigenvalue weighted by Crippen LogP contribution is -2.07. The smallest absolute Gasteiger partial charge is 0.165 e. The normalized spacial score (nSPS) is 19.2. The molecule has 2 aromatic rings. The summed E-state index contributed by atoms with van der Waals surface area (Å²) in [7, 11) is 3.19. The third kappa shape index (κ3) is 2.68. The van der Waals surface area contributed by atoms with Crippen molar-refractivity contribution in [2.24, 2.45) is 0 Å². The molecule has 126 valence electrons. The summed E-state index contributed by atoms with van der Waals surface area (Å²) in [6, 6.07) is 9.44. The Morgan fingerprint density at radius 3 is 2.50 bits per heavy atom. The predicted molar refractivity (Wildman–Crippen MR) is 94.1 cm³/mol. The van der Waals surface area contributed by atoms with E-state index in [4.69, 9.17) is 14.2 Å². The summed E-state index contributed by atoms with van der Waals surface area (Å²) in [6.45, 7) is 4.12. The number of hydrogen-bond acceptors (Lipinski definition) is 4. The minimum atomic E-state index is -0.149. The maximum atomic E-state index is 9.80. The molecule has 0 spiro atoms. The molecular formula is C20H22O4. The van der Waals surface area contributed by atoms with Gasteiger partial charge in [0, 0.05) is 11.5 Å². The lowest BCUT2D eigenvalue weighted by Gasteiger charge is -2.17. The Labute approximate surface area is 142 Å². The van der Waals surface area contributed by atoms with E-state index < -0.39 is 0 Å². The summed E-state index contributed by atoms with van der Waals surface area (Å²) < 4.78 is 16.9. The van der Waals surface area contributed by atoms with E-state index in [0.717, 1.165) is 28.2 Å². The second-order valence-corrected chi connectivity index (χ2v) is 5.90. The van der Waals surface area contributed by atoms with Crippen molar-refractivity contribution in [1.29, 1.82) is 0 Å². The molecule has 0 saturated carbocycles. The SMILES string of the molecule is C/C=C/c1cc(OC)c2c(c1)[C@H](C)[C@@H](c1ccc(O)c(OC)c1)O2. The molecule has 2 aromatic carbocycles. The van der Waals surface area contributed by atoms with Gasteiger partial charge in [-0.2, -0.15) is 0 Å². The van der Waals surface area contributed by atoms with Crippen LogP contribution in [0.2, 0.25) is 0 Å². The predicted octanol–water partition coefficient (Wildman–Crippen LogP) is 4.68. The first kappa shape index (κ1) is 16.2. The van der Waals surface area contributed by atoms with Crippen molar-refractivity contribution in [3.05, 3.63) is 53.1 Å². The summed E-state index contributed by atoms with van der Waals surface area (Å²) in [6.07, 6.45) is 3.90. The molecule has 0 aromatic heterocycles. The molecule has 4 heteroatoms. The van der Waals surface area contributed by atoms with E-state index in [2.05, 4.69) is 13.0 Å². The fraction of sp³-hybridized carbons (Fsp3) is 0.300. The van der Waals surface area contributed by atoms with E-state index in [0.29, 0.717) is 5.75 Å². The average Bonchev–Trinajstić information content (AvgIpc) is 2.92. The second-order valence-electron chi connectivity index (χ2n) is 5.90. The zero-order valence-corrected chi connectivity index (χ0v) is 14.4. The van der Waals surface area contributed by atoms with Crippen molar-refractivity contribution in [2.45, 2.75) is 25.9 Å². The fourth-order valence-corrected chi connectivity index (χ4v) is 3.17. The van der Waals surface area contributed by atoms with Crippen LogP contribution in [0, 0.1) is 0 Å². The van der Waals surface area contributed by atoms with Gasteiger partial charge in [-0.15, -0.1) is 0 Å². The molecule has 1 aliphatic heterocycles. The Morgan fingerprint density at radius 2 is 1.83 bits per heavy atom. The summed E-state index contributed by atoms with van der Waals surface area (Å²) in [5.41, 5.74) is 3.18. The van der Waals surface area contributed by atoms with E-state index in [1.54, 1.807) is 20.3 Å². The number of phenolic OH excluding ortho intramolecular Hbond substituents is 1.